The fraction of sp³-hybridized carbons (Fsp3) is 0.400. The number of methoxy groups -OCH3 is 1. The Hall–Kier alpha value is -1.69. The predicted octanol–water partition coefficient (Wildman–Crippen LogP) is 0.639. The molecule has 2 N–H and O–H groups in total. The second-order valence-corrected chi connectivity index (χ2v) is 3.05. The molecule has 0 bridgehead atoms. The number of carbonyl (C=O) groups is 1. The Morgan fingerprint density at radius 3 is 3.00 bits per heavy atom. The Kier molecular flexibility index (Phi) is 4.65. The molecule has 1 amide bonds. The minimum absolute atomic E-state index is 0.179. The molecule has 0 saturated carbocycles. The Balaban J connectivity index is 2.76. The molecule has 0 radical (unpaired) electrons. The zero-order valence-corrected chi connectivity index (χ0v) is 9.21. The van der Waals surface area contributed by atoms with Crippen molar-refractivity contribution >= 4 is 11.7 Å². The summed E-state index contributed by atoms with van der Waals surface area (Å²) >= 11 is 0. The smallest absolute Gasteiger partial charge is 0.255 e. The van der Waals surface area contributed by atoms with Gasteiger partial charge in [-0.15, -0.1) is 0 Å². The van der Waals surface area contributed by atoms with Gasteiger partial charge in [0.25, 0.3) is 5.91 Å². The molecule has 0 aliphatic rings. The molecule has 0 spiro atoms. The molecule has 0 fully saturated rings. The van der Waals surface area contributed by atoms with E-state index in [-0.39, 0.29) is 11.5 Å². The lowest BCUT2D eigenvalue weighted by molar-refractivity contribution is 0.0937. The number of hydrogen-bond donors (Lipinski definition) is 2. The maximum Gasteiger partial charge on any atom is 0.255 e. The number of anilines is 1. The molecule has 16 heavy (non-hydrogen) atoms. The second-order valence-electron chi connectivity index (χ2n) is 3.05. The summed E-state index contributed by atoms with van der Waals surface area (Å²) < 4.78 is 17.7. The van der Waals surface area contributed by atoms with Crippen LogP contribution in [0, 0.1) is 5.82 Å². The van der Waals surface area contributed by atoms with E-state index in [0.29, 0.717) is 19.0 Å². The van der Waals surface area contributed by atoms with E-state index in [9.17, 15) is 9.18 Å². The maximum atomic E-state index is 12.9. The molecule has 0 saturated heterocycles. The van der Waals surface area contributed by atoms with Crippen LogP contribution in [0.4, 0.5) is 10.2 Å². The van der Waals surface area contributed by atoms with Gasteiger partial charge in [0.15, 0.2) is 0 Å². The third kappa shape index (κ3) is 3.16. The molecular formula is C10H14FN3O2. The number of aromatic nitrogens is 1. The highest BCUT2D eigenvalue weighted by Gasteiger charge is 2.12. The van der Waals surface area contributed by atoms with E-state index < -0.39 is 5.82 Å². The summed E-state index contributed by atoms with van der Waals surface area (Å²) in [5.74, 6) is -0.583. The van der Waals surface area contributed by atoms with Gasteiger partial charge < -0.3 is 15.4 Å². The number of hydrogen-bond acceptors (Lipinski definition) is 4. The summed E-state index contributed by atoms with van der Waals surface area (Å²) in [4.78, 5) is 15.4. The van der Waals surface area contributed by atoms with E-state index in [2.05, 4.69) is 15.6 Å². The largest absolute Gasteiger partial charge is 0.383 e. The fourth-order valence-electron chi connectivity index (χ4n) is 1.17. The number of pyridine rings is 1. The first-order valence-corrected chi connectivity index (χ1v) is 4.79. The normalized spacial score (nSPS) is 9.94. The average molecular weight is 227 g/mol. The minimum atomic E-state index is -0.545. The van der Waals surface area contributed by atoms with Crippen LogP contribution in [-0.4, -0.2) is 38.2 Å². The van der Waals surface area contributed by atoms with E-state index in [0.717, 1.165) is 12.3 Å². The molecule has 0 aliphatic carbocycles. The highest BCUT2D eigenvalue weighted by Crippen LogP contribution is 2.12. The van der Waals surface area contributed by atoms with Gasteiger partial charge >= 0.3 is 0 Å². The van der Waals surface area contributed by atoms with E-state index in [1.54, 1.807) is 7.05 Å². The molecule has 1 aromatic rings. The van der Waals surface area contributed by atoms with Gasteiger partial charge in [0.1, 0.15) is 11.6 Å². The van der Waals surface area contributed by atoms with Crippen LogP contribution < -0.4 is 10.6 Å². The van der Waals surface area contributed by atoms with Crippen LogP contribution in [0.2, 0.25) is 0 Å². The average Bonchev–Trinajstić information content (AvgIpc) is 2.29. The third-order valence-electron chi connectivity index (χ3n) is 1.93. The molecule has 0 aromatic carbocycles. The van der Waals surface area contributed by atoms with Crippen LogP contribution in [0.15, 0.2) is 12.3 Å². The van der Waals surface area contributed by atoms with E-state index in [4.69, 9.17) is 4.74 Å². The van der Waals surface area contributed by atoms with Crippen LogP contribution in [0.3, 0.4) is 0 Å². The first kappa shape index (κ1) is 12.4. The van der Waals surface area contributed by atoms with Crippen molar-refractivity contribution in [3.63, 3.8) is 0 Å². The predicted molar refractivity (Wildman–Crippen MR) is 58.0 cm³/mol. The van der Waals surface area contributed by atoms with Crippen LogP contribution in [0.25, 0.3) is 0 Å². The number of halogens is 1. The van der Waals surface area contributed by atoms with Gasteiger partial charge in [-0.2, -0.15) is 0 Å². The molecule has 1 aromatic heterocycles. The van der Waals surface area contributed by atoms with Gasteiger partial charge in [-0.1, -0.05) is 0 Å². The quantitative estimate of drug-likeness (QED) is 0.724. The summed E-state index contributed by atoms with van der Waals surface area (Å²) in [6.45, 7) is 0.776. The van der Waals surface area contributed by atoms with Crippen molar-refractivity contribution < 1.29 is 13.9 Å². The van der Waals surface area contributed by atoms with Crippen molar-refractivity contribution in [1.82, 2.24) is 10.3 Å². The number of nitrogens with one attached hydrogen (secondary N) is 2. The van der Waals surface area contributed by atoms with Gasteiger partial charge in [-0.25, -0.2) is 9.37 Å². The van der Waals surface area contributed by atoms with Crippen molar-refractivity contribution in [2.45, 2.75) is 0 Å². The fourth-order valence-corrected chi connectivity index (χ4v) is 1.17. The molecule has 0 aliphatic heterocycles. The highest BCUT2D eigenvalue weighted by molar-refractivity contribution is 5.98. The van der Waals surface area contributed by atoms with Crippen molar-refractivity contribution in [1.29, 1.82) is 0 Å². The lowest BCUT2D eigenvalue weighted by Gasteiger charge is -2.08. The van der Waals surface area contributed by atoms with Crippen molar-refractivity contribution in [2.24, 2.45) is 0 Å². The maximum absolute atomic E-state index is 12.9. The minimum Gasteiger partial charge on any atom is -0.383 e. The van der Waals surface area contributed by atoms with Gasteiger partial charge in [0.05, 0.1) is 18.4 Å². The Bertz CT molecular complexity index is 371. The van der Waals surface area contributed by atoms with Crippen molar-refractivity contribution in [3.05, 3.63) is 23.6 Å². The zero-order chi connectivity index (χ0) is 12.0. The third-order valence-corrected chi connectivity index (χ3v) is 1.93. The Morgan fingerprint density at radius 2 is 2.38 bits per heavy atom. The van der Waals surface area contributed by atoms with Crippen molar-refractivity contribution in [2.75, 3.05) is 32.6 Å². The summed E-state index contributed by atoms with van der Waals surface area (Å²) in [7, 11) is 3.15. The zero-order valence-electron chi connectivity index (χ0n) is 9.21. The SMILES string of the molecule is CNc1ncc(F)cc1C(=O)NCCOC. The molecule has 5 nitrogen and oxygen atoms in total. The van der Waals surface area contributed by atoms with E-state index in [1.165, 1.54) is 7.11 Å². The van der Waals surface area contributed by atoms with Crippen molar-refractivity contribution in [3.8, 4) is 0 Å². The number of carbonyl (C=O) groups excluding carboxylic acids is 1. The Morgan fingerprint density at radius 1 is 1.62 bits per heavy atom. The van der Waals surface area contributed by atoms with Gasteiger partial charge in [0, 0.05) is 20.7 Å². The lowest BCUT2D eigenvalue weighted by Crippen LogP contribution is -2.28. The number of nitrogens with zero attached hydrogens (tertiary/aromatic N) is 1. The lowest BCUT2D eigenvalue weighted by atomic mass is 10.2. The molecule has 1 heterocycles. The summed E-state index contributed by atoms with van der Waals surface area (Å²) in [6, 6.07) is 1.14. The first-order chi connectivity index (χ1) is 7.69. The summed E-state index contributed by atoms with van der Waals surface area (Å²) in [5.41, 5.74) is 0.179. The number of amides is 1. The molecule has 6 heteroatoms. The van der Waals surface area contributed by atoms with Crippen LogP contribution in [-0.2, 0) is 4.74 Å². The second kappa shape index (κ2) is 6.02. The first-order valence-electron chi connectivity index (χ1n) is 4.79. The number of rotatable bonds is 5. The van der Waals surface area contributed by atoms with E-state index >= 15 is 0 Å². The molecule has 1 rings (SSSR count). The van der Waals surface area contributed by atoms with Crippen LogP contribution >= 0.6 is 0 Å². The molecule has 0 unspecified atom stereocenters. The summed E-state index contributed by atoms with van der Waals surface area (Å²) in [5, 5.41) is 5.32. The highest BCUT2D eigenvalue weighted by atomic mass is 19.1. The molecule has 88 valence electrons. The van der Waals surface area contributed by atoms with Gasteiger partial charge in [-0.05, 0) is 6.07 Å². The van der Waals surface area contributed by atoms with E-state index in [1.807, 2.05) is 0 Å². The summed E-state index contributed by atoms with van der Waals surface area (Å²) in [6.07, 6.45) is 1.05. The van der Waals surface area contributed by atoms with Crippen LogP contribution in [0.5, 0.6) is 0 Å². The molecular weight excluding hydrogens is 213 g/mol. The Labute approximate surface area is 93.0 Å². The van der Waals surface area contributed by atoms with Gasteiger partial charge in [0.2, 0.25) is 0 Å². The van der Waals surface area contributed by atoms with Crippen LogP contribution in [0.1, 0.15) is 10.4 Å². The monoisotopic (exact) mass is 227 g/mol. The van der Waals surface area contributed by atoms with Gasteiger partial charge in [-0.3, -0.25) is 4.79 Å². The number of ether oxygens (including phenoxy) is 1. The standard InChI is InChI=1S/C10H14FN3O2/c1-12-9-8(5-7(11)6-14-9)10(15)13-3-4-16-2/h5-6H,3-4H2,1-2H3,(H,12,14)(H,13,15). The topological polar surface area (TPSA) is 63.2 Å². The molecule has 0 atom stereocenters.